The van der Waals surface area contributed by atoms with Gasteiger partial charge in [-0.3, -0.25) is 9.48 Å². The van der Waals surface area contributed by atoms with Crippen molar-refractivity contribution >= 4 is 17.4 Å². The molecule has 10 heteroatoms. The van der Waals surface area contributed by atoms with Crippen LogP contribution in [0.25, 0.3) is 11.3 Å². The molecular weight excluding hydrogens is 421 g/mol. The first-order chi connectivity index (χ1) is 15.3. The lowest BCUT2D eigenvalue weighted by atomic mass is 10.1. The van der Waals surface area contributed by atoms with Gasteiger partial charge in [0.25, 0.3) is 5.91 Å². The van der Waals surface area contributed by atoms with Crippen LogP contribution >= 0.6 is 0 Å². The normalized spacial score (nSPS) is 16.7. The maximum absolute atomic E-state index is 14.3. The Balaban J connectivity index is 1.62. The smallest absolute Gasteiger partial charge is 0.274 e. The van der Waals surface area contributed by atoms with Gasteiger partial charge in [0.15, 0.2) is 5.82 Å². The predicted octanol–water partition coefficient (Wildman–Crippen LogP) is 3.47. The average Bonchev–Trinajstić information content (AvgIpc) is 2.97. The fourth-order valence-electron chi connectivity index (χ4n) is 3.88. The summed E-state index contributed by atoms with van der Waals surface area (Å²) in [5, 5.41) is 6.98. The van der Waals surface area contributed by atoms with Gasteiger partial charge in [-0.05, 0) is 43.5 Å². The van der Waals surface area contributed by atoms with E-state index in [4.69, 9.17) is 5.73 Å². The number of anilines is 2. The van der Waals surface area contributed by atoms with E-state index in [-0.39, 0.29) is 11.7 Å². The van der Waals surface area contributed by atoms with Crippen molar-refractivity contribution < 1.29 is 18.0 Å². The monoisotopic (exact) mass is 444 g/mol. The van der Waals surface area contributed by atoms with Gasteiger partial charge in [-0.1, -0.05) is 6.07 Å². The number of aromatic nitrogens is 3. The van der Waals surface area contributed by atoms with Crippen LogP contribution in [0.15, 0.2) is 36.5 Å². The highest BCUT2D eigenvalue weighted by Crippen LogP contribution is 2.29. The van der Waals surface area contributed by atoms with Gasteiger partial charge < -0.3 is 16.0 Å². The van der Waals surface area contributed by atoms with Gasteiger partial charge in [0.05, 0.1) is 11.8 Å². The second-order valence-corrected chi connectivity index (χ2v) is 7.76. The topological polar surface area (TPSA) is 89.1 Å². The average molecular weight is 444 g/mol. The minimum Gasteiger partial charge on any atom is -0.355 e. The van der Waals surface area contributed by atoms with Crippen molar-refractivity contribution in [2.24, 2.45) is 12.8 Å². The van der Waals surface area contributed by atoms with Crippen LogP contribution in [0.1, 0.15) is 29.8 Å². The Bertz CT molecular complexity index is 1130. The Kier molecular flexibility index (Phi) is 6.13. The Hall–Kier alpha value is -3.40. The number of nitrogens with two attached hydrogens (primary N) is 1. The van der Waals surface area contributed by atoms with Crippen molar-refractivity contribution in [3.63, 3.8) is 0 Å². The standard InChI is InChI=1S/C22H23F3N6O/c1-30-22(31-10-3-4-13(26)9-11-31)18(12-27-30)29-21(32)17-8-7-16(25)20(28-17)19-14(23)5-2-6-15(19)24/h2,5-8,12-13H,3-4,9-11,26H2,1H3,(H,29,32)/t13-/m1/s1. The summed E-state index contributed by atoms with van der Waals surface area (Å²) in [4.78, 5) is 18.9. The third-order valence-corrected chi connectivity index (χ3v) is 5.51. The summed E-state index contributed by atoms with van der Waals surface area (Å²) in [5.41, 5.74) is 5.15. The third kappa shape index (κ3) is 4.31. The molecule has 1 aliphatic rings. The van der Waals surface area contributed by atoms with E-state index < -0.39 is 34.6 Å². The number of halogens is 3. The minimum atomic E-state index is -0.970. The molecule has 32 heavy (non-hydrogen) atoms. The number of benzene rings is 1. The maximum atomic E-state index is 14.3. The van der Waals surface area contributed by atoms with E-state index in [9.17, 15) is 18.0 Å². The molecule has 1 amide bonds. The molecule has 1 atom stereocenters. The lowest BCUT2D eigenvalue weighted by Crippen LogP contribution is -2.29. The molecule has 3 N–H and O–H groups in total. The Morgan fingerprint density at radius 2 is 1.84 bits per heavy atom. The van der Waals surface area contributed by atoms with Gasteiger partial charge in [-0.25, -0.2) is 18.2 Å². The molecule has 1 saturated heterocycles. The molecule has 0 saturated carbocycles. The molecule has 0 unspecified atom stereocenters. The summed E-state index contributed by atoms with van der Waals surface area (Å²) in [6.45, 7) is 1.48. The molecule has 1 fully saturated rings. The molecular formula is C22H23F3N6O. The SMILES string of the molecule is Cn1ncc(NC(=O)c2ccc(F)c(-c3c(F)cccc3F)n2)c1N1CCC[C@@H](N)CC1. The number of pyridine rings is 1. The Morgan fingerprint density at radius 1 is 1.09 bits per heavy atom. The molecule has 1 aromatic carbocycles. The van der Waals surface area contributed by atoms with Crippen molar-refractivity contribution in [1.29, 1.82) is 0 Å². The number of hydrogen-bond acceptors (Lipinski definition) is 5. The molecule has 1 aliphatic heterocycles. The van der Waals surface area contributed by atoms with Crippen LogP contribution < -0.4 is 16.0 Å². The van der Waals surface area contributed by atoms with Crippen LogP contribution in [0.4, 0.5) is 24.7 Å². The first kappa shape index (κ1) is 21.8. The highest BCUT2D eigenvalue weighted by atomic mass is 19.1. The lowest BCUT2D eigenvalue weighted by molar-refractivity contribution is 0.102. The Labute approximate surface area is 183 Å². The fraction of sp³-hybridized carbons (Fsp3) is 0.318. The molecule has 3 heterocycles. The quantitative estimate of drug-likeness (QED) is 0.643. The van der Waals surface area contributed by atoms with E-state index in [0.29, 0.717) is 5.69 Å². The summed E-state index contributed by atoms with van der Waals surface area (Å²) in [7, 11) is 1.77. The Morgan fingerprint density at radius 3 is 2.59 bits per heavy atom. The second kappa shape index (κ2) is 8.99. The third-order valence-electron chi connectivity index (χ3n) is 5.51. The molecule has 168 valence electrons. The zero-order valence-electron chi connectivity index (χ0n) is 17.5. The number of nitrogens with zero attached hydrogens (tertiary/aromatic N) is 4. The van der Waals surface area contributed by atoms with Gasteiger partial charge in [-0.2, -0.15) is 5.10 Å². The number of amides is 1. The number of hydrogen-bond donors (Lipinski definition) is 2. The number of carbonyl (C=O) groups is 1. The summed E-state index contributed by atoms with van der Waals surface area (Å²) in [6, 6.07) is 5.43. The van der Waals surface area contributed by atoms with Gasteiger partial charge in [0.2, 0.25) is 0 Å². The van der Waals surface area contributed by atoms with E-state index in [1.807, 2.05) is 0 Å². The van der Waals surface area contributed by atoms with Gasteiger partial charge in [-0.15, -0.1) is 0 Å². The summed E-state index contributed by atoms with van der Waals surface area (Å²) >= 11 is 0. The van der Waals surface area contributed by atoms with E-state index >= 15 is 0 Å². The molecule has 0 bridgehead atoms. The van der Waals surface area contributed by atoms with E-state index in [2.05, 4.69) is 20.3 Å². The molecule has 3 aromatic rings. The van der Waals surface area contributed by atoms with Crippen molar-refractivity contribution in [2.75, 3.05) is 23.3 Å². The number of nitrogens with one attached hydrogen (secondary N) is 1. The van der Waals surface area contributed by atoms with Crippen molar-refractivity contribution in [2.45, 2.75) is 25.3 Å². The van der Waals surface area contributed by atoms with Crippen molar-refractivity contribution in [1.82, 2.24) is 14.8 Å². The molecule has 2 aromatic heterocycles. The van der Waals surface area contributed by atoms with Crippen molar-refractivity contribution in [3.05, 3.63) is 59.7 Å². The minimum absolute atomic E-state index is 0.131. The number of carbonyl (C=O) groups excluding carboxylic acids is 1. The highest BCUT2D eigenvalue weighted by molar-refractivity contribution is 6.04. The van der Waals surface area contributed by atoms with Crippen LogP contribution in [-0.2, 0) is 7.05 Å². The van der Waals surface area contributed by atoms with Crippen LogP contribution in [0.5, 0.6) is 0 Å². The van der Waals surface area contributed by atoms with Crippen LogP contribution in [0, 0.1) is 17.5 Å². The van der Waals surface area contributed by atoms with E-state index in [1.165, 1.54) is 12.3 Å². The zero-order chi connectivity index (χ0) is 22.8. The van der Waals surface area contributed by atoms with Gasteiger partial charge in [0.1, 0.15) is 34.5 Å². The van der Waals surface area contributed by atoms with Gasteiger partial charge >= 0.3 is 0 Å². The molecule has 0 radical (unpaired) electrons. The summed E-state index contributed by atoms with van der Waals surface area (Å²) in [5.74, 6) is -2.81. The highest BCUT2D eigenvalue weighted by Gasteiger charge is 2.23. The second-order valence-electron chi connectivity index (χ2n) is 7.76. The first-order valence-corrected chi connectivity index (χ1v) is 10.3. The summed E-state index contributed by atoms with van der Waals surface area (Å²) < 4.78 is 44.3. The van der Waals surface area contributed by atoms with Crippen LogP contribution in [-0.4, -0.2) is 39.8 Å². The van der Waals surface area contributed by atoms with E-state index in [1.54, 1.807) is 11.7 Å². The van der Waals surface area contributed by atoms with Crippen LogP contribution in [0.2, 0.25) is 0 Å². The summed E-state index contributed by atoms with van der Waals surface area (Å²) in [6.07, 6.45) is 4.16. The zero-order valence-corrected chi connectivity index (χ0v) is 17.5. The van der Waals surface area contributed by atoms with Gasteiger partial charge in [0, 0.05) is 26.2 Å². The lowest BCUT2D eigenvalue weighted by Gasteiger charge is -2.24. The fourth-order valence-corrected chi connectivity index (χ4v) is 3.88. The predicted molar refractivity (Wildman–Crippen MR) is 115 cm³/mol. The molecule has 0 spiro atoms. The first-order valence-electron chi connectivity index (χ1n) is 10.3. The molecule has 4 rings (SSSR count). The maximum Gasteiger partial charge on any atom is 0.274 e. The molecule has 0 aliphatic carbocycles. The number of rotatable bonds is 4. The largest absolute Gasteiger partial charge is 0.355 e. The number of aryl methyl sites for hydroxylation is 1. The van der Waals surface area contributed by atoms with Crippen molar-refractivity contribution in [3.8, 4) is 11.3 Å². The van der Waals surface area contributed by atoms with E-state index in [0.717, 1.165) is 62.4 Å². The molecule has 7 nitrogen and oxygen atoms in total. The van der Waals surface area contributed by atoms with Crippen LogP contribution in [0.3, 0.4) is 0 Å².